The van der Waals surface area contributed by atoms with E-state index in [1.54, 1.807) is 23.1 Å². The fourth-order valence-corrected chi connectivity index (χ4v) is 5.34. The number of amides is 1. The minimum absolute atomic E-state index is 0.261. The number of ether oxygens (including phenoxy) is 2. The Balaban J connectivity index is 1.35. The second-order valence-electron chi connectivity index (χ2n) is 9.24. The van der Waals surface area contributed by atoms with Crippen LogP contribution in [0.3, 0.4) is 0 Å². The molecule has 8 nitrogen and oxygen atoms in total. The number of aromatic nitrogens is 3. The van der Waals surface area contributed by atoms with Crippen molar-refractivity contribution >= 4 is 28.9 Å². The zero-order valence-corrected chi connectivity index (χ0v) is 22.8. The number of carbonyl (C=O) groups is 1. The molecule has 0 fully saturated rings. The molecule has 1 atom stereocenters. The Morgan fingerprint density at radius 2 is 1.77 bits per heavy atom. The normalized spacial score (nSPS) is 14.3. The number of fused-ring (bicyclic) bond motifs is 1. The molecule has 3 aromatic carbocycles. The van der Waals surface area contributed by atoms with Gasteiger partial charge < -0.3 is 20.1 Å². The van der Waals surface area contributed by atoms with Gasteiger partial charge in [0.25, 0.3) is 5.91 Å². The van der Waals surface area contributed by atoms with Crippen LogP contribution in [0.1, 0.15) is 24.1 Å². The molecule has 1 unspecified atom stereocenters. The molecule has 0 spiro atoms. The molecular weight excluding hydrogens is 522 g/mol. The third kappa shape index (κ3) is 5.06. The topological polar surface area (TPSA) is 90.3 Å². The molecule has 0 bridgehead atoms. The SMILES string of the molecule is COc1ccccc1NC(=O)C1=C(C)Nc2nc(-c3cccs3)nn2C1c1ccc(OCc2ccccc2)cc1. The highest BCUT2D eigenvalue weighted by molar-refractivity contribution is 7.13. The molecule has 0 saturated carbocycles. The van der Waals surface area contributed by atoms with Gasteiger partial charge in [0, 0.05) is 5.70 Å². The predicted octanol–water partition coefficient (Wildman–Crippen LogP) is 6.52. The van der Waals surface area contributed by atoms with Gasteiger partial charge >= 0.3 is 0 Å². The first kappa shape index (κ1) is 25.4. The minimum atomic E-state index is -0.518. The van der Waals surface area contributed by atoms with Gasteiger partial charge in [0.05, 0.1) is 23.2 Å². The van der Waals surface area contributed by atoms with Crippen LogP contribution in [0.25, 0.3) is 10.7 Å². The number of benzene rings is 3. The first-order chi connectivity index (χ1) is 19.6. The molecular formula is C31H27N5O3S. The van der Waals surface area contributed by atoms with Gasteiger partial charge in [-0.25, -0.2) is 4.68 Å². The van der Waals surface area contributed by atoms with Gasteiger partial charge in [0.2, 0.25) is 5.95 Å². The van der Waals surface area contributed by atoms with E-state index < -0.39 is 6.04 Å². The molecule has 1 amide bonds. The molecule has 9 heteroatoms. The quantitative estimate of drug-likeness (QED) is 0.229. The molecule has 2 N–H and O–H groups in total. The molecule has 3 heterocycles. The molecule has 6 rings (SSSR count). The first-order valence-corrected chi connectivity index (χ1v) is 13.7. The monoisotopic (exact) mass is 549 g/mol. The summed E-state index contributed by atoms with van der Waals surface area (Å²) in [6, 6.07) is 28.6. The van der Waals surface area contributed by atoms with Crippen LogP contribution in [-0.4, -0.2) is 27.8 Å². The fraction of sp³-hybridized carbons (Fsp3) is 0.129. The average molecular weight is 550 g/mol. The van der Waals surface area contributed by atoms with Crippen molar-refractivity contribution < 1.29 is 14.3 Å². The molecule has 0 saturated heterocycles. The number of rotatable bonds is 8. The van der Waals surface area contributed by atoms with E-state index in [4.69, 9.17) is 19.6 Å². The van der Waals surface area contributed by atoms with Crippen LogP contribution < -0.4 is 20.1 Å². The third-order valence-corrected chi connectivity index (χ3v) is 7.50. The van der Waals surface area contributed by atoms with Gasteiger partial charge in [-0.15, -0.1) is 16.4 Å². The molecule has 2 aromatic heterocycles. The highest BCUT2D eigenvalue weighted by Crippen LogP contribution is 2.38. The van der Waals surface area contributed by atoms with Crippen molar-refractivity contribution in [1.82, 2.24) is 14.8 Å². The summed E-state index contributed by atoms with van der Waals surface area (Å²) in [5.74, 6) is 2.23. The summed E-state index contributed by atoms with van der Waals surface area (Å²) in [6.07, 6.45) is 0. The number of hydrogen-bond donors (Lipinski definition) is 2. The van der Waals surface area contributed by atoms with Crippen molar-refractivity contribution in [3.8, 4) is 22.2 Å². The van der Waals surface area contributed by atoms with Gasteiger partial charge in [-0.2, -0.15) is 4.98 Å². The number of nitrogens with zero attached hydrogens (tertiary/aromatic N) is 3. The van der Waals surface area contributed by atoms with Gasteiger partial charge in [-0.3, -0.25) is 4.79 Å². The van der Waals surface area contributed by atoms with Crippen molar-refractivity contribution in [1.29, 1.82) is 0 Å². The van der Waals surface area contributed by atoms with Crippen molar-refractivity contribution in [2.75, 3.05) is 17.7 Å². The second kappa shape index (κ2) is 11.1. The Morgan fingerprint density at radius 1 is 1.00 bits per heavy atom. The highest BCUT2D eigenvalue weighted by atomic mass is 32.1. The van der Waals surface area contributed by atoms with Gasteiger partial charge in [-0.05, 0) is 53.8 Å². The molecule has 5 aromatic rings. The van der Waals surface area contributed by atoms with Crippen LogP contribution in [0.5, 0.6) is 11.5 Å². The van der Waals surface area contributed by atoms with Crippen LogP contribution in [0.15, 0.2) is 108 Å². The Kier molecular flexibility index (Phi) is 7.03. The second-order valence-corrected chi connectivity index (χ2v) is 10.2. The predicted molar refractivity (Wildman–Crippen MR) is 157 cm³/mol. The van der Waals surface area contributed by atoms with Crippen molar-refractivity contribution in [2.24, 2.45) is 0 Å². The summed E-state index contributed by atoms with van der Waals surface area (Å²) < 4.78 is 13.2. The lowest BCUT2D eigenvalue weighted by Crippen LogP contribution is -2.31. The van der Waals surface area contributed by atoms with Gasteiger partial charge in [0.15, 0.2) is 5.82 Å². The van der Waals surface area contributed by atoms with E-state index >= 15 is 0 Å². The summed E-state index contributed by atoms with van der Waals surface area (Å²) in [7, 11) is 1.58. The summed E-state index contributed by atoms with van der Waals surface area (Å²) >= 11 is 1.57. The Hall–Kier alpha value is -4.89. The average Bonchev–Trinajstić information content (AvgIpc) is 3.67. The molecule has 200 valence electrons. The number of para-hydroxylation sites is 2. The Bertz CT molecular complexity index is 1660. The summed E-state index contributed by atoms with van der Waals surface area (Å²) in [5, 5.41) is 13.2. The van der Waals surface area contributed by atoms with E-state index in [-0.39, 0.29) is 5.91 Å². The first-order valence-electron chi connectivity index (χ1n) is 12.8. The lowest BCUT2D eigenvalue weighted by molar-refractivity contribution is -0.113. The van der Waals surface area contributed by atoms with Gasteiger partial charge in [-0.1, -0.05) is 60.7 Å². The van der Waals surface area contributed by atoms with Crippen LogP contribution >= 0.6 is 11.3 Å². The molecule has 40 heavy (non-hydrogen) atoms. The summed E-state index contributed by atoms with van der Waals surface area (Å²) in [6.45, 7) is 2.35. The van der Waals surface area contributed by atoms with Gasteiger partial charge in [0.1, 0.15) is 24.1 Å². The summed E-state index contributed by atoms with van der Waals surface area (Å²) in [5.41, 5.74) is 3.77. The number of thiophene rings is 1. The fourth-order valence-electron chi connectivity index (χ4n) is 4.69. The zero-order valence-electron chi connectivity index (χ0n) is 22.0. The van der Waals surface area contributed by atoms with Crippen LogP contribution in [-0.2, 0) is 11.4 Å². The number of methoxy groups -OCH3 is 1. The highest BCUT2D eigenvalue weighted by Gasteiger charge is 2.35. The van der Waals surface area contributed by atoms with Crippen molar-refractivity contribution in [3.63, 3.8) is 0 Å². The smallest absolute Gasteiger partial charge is 0.255 e. The number of allylic oxidation sites excluding steroid dienone is 1. The number of nitrogens with one attached hydrogen (secondary N) is 2. The largest absolute Gasteiger partial charge is 0.495 e. The Morgan fingerprint density at radius 3 is 2.52 bits per heavy atom. The lowest BCUT2D eigenvalue weighted by Gasteiger charge is -2.29. The molecule has 1 aliphatic heterocycles. The number of hydrogen-bond acceptors (Lipinski definition) is 7. The maximum absolute atomic E-state index is 13.9. The molecule has 0 aliphatic carbocycles. The molecule has 1 aliphatic rings. The van der Waals surface area contributed by atoms with Crippen molar-refractivity contribution in [2.45, 2.75) is 19.6 Å². The van der Waals surface area contributed by atoms with E-state index in [1.807, 2.05) is 103 Å². The van der Waals surface area contributed by atoms with E-state index in [2.05, 4.69) is 10.6 Å². The van der Waals surface area contributed by atoms with E-state index in [1.165, 1.54) is 0 Å². The molecule has 0 radical (unpaired) electrons. The van der Waals surface area contributed by atoms with Crippen LogP contribution in [0.4, 0.5) is 11.6 Å². The van der Waals surface area contributed by atoms with E-state index in [9.17, 15) is 4.79 Å². The van der Waals surface area contributed by atoms with Crippen LogP contribution in [0.2, 0.25) is 0 Å². The third-order valence-electron chi connectivity index (χ3n) is 6.64. The lowest BCUT2D eigenvalue weighted by atomic mass is 9.95. The Labute approximate surface area is 235 Å². The minimum Gasteiger partial charge on any atom is -0.495 e. The standard InChI is InChI=1S/C31H27N5O3S/c1-20-27(30(37)33-24-11-6-7-12-25(24)38-2)28(36-31(32-20)34-29(35-36)26-13-8-18-40-26)22-14-16-23(17-15-22)39-19-21-9-4-3-5-10-21/h3-18,28H,19H2,1-2H3,(H,33,37)(H,32,34,35). The zero-order chi connectivity index (χ0) is 27.5. The summed E-state index contributed by atoms with van der Waals surface area (Å²) in [4.78, 5) is 19.5. The number of anilines is 2. The number of carbonyl (C=O) groups excluding carboxylic acids is 1. The maximum atomic E-state index is 13.9. The van der Waals surface area contributed by atoms with E-state index in [0.29, 0.717) is 41.1 Å². The van der Waals surface area contributed by atoms with E-state index in [0.717, 1.165) is 21.8 Å². The maximum Gasteiger partial charge on any atom is 0.255 e. The van der Waals surface area contributed by atoms with Crippen LogP contribution in [0, 0.1) is 0 Å². The van der Waals surface area contributed by atoms with Crippen molar-refractivity contribution in [3.05, 3.63) is 119 Å².